The van der Waals surface area contributed by atoms with E-state index in [0.29, 0.717) is 30.7 Å². The van der Waals surface area contributed by atoms with E-state index in [9.17, 15) is 0 Å². The van der Waals surface area contributed by atoms with Gasteiger partial charge < -0.3 is 23.9 Å². The van der Waals surface area contributed by atoms with E-state index < -0.39 is 0 Å². The van der Waals surface area contributed by atoms with Crippen molar-refractivity contribution in [3.8, 4) is 28.8 Å². The van der Waals surface area contributed by atoms with E-state index in [0.717, 1.165) is 42.9 Å². The third kappa shape index (κ3) is 4.68. The topological polar surface area (TPSA) is 95.8 Å². The van der Waals surface area contributed by atoms with Gasteiger partial charge in [-0.1, -0.05) is 0 Å². The van der Waals surface area contributed by atoms with Gasteiger partial charge >= 0.3 is 0 Å². The molecule has 0 unspecified atom stereocenters. The smallest absolute Gasteiger partial charge is 0.206 e. The molecule has 0 atom stereocenters. The van der Waals surface area contributed by atoms with Crippen molar-refractivity contribution < 1.29 is 18.9 Å². The maximum absolute atomic E-state index is 6.12. The Kier molecular flexibility index (Phi) is 5.76. The van der Waals surface area contributed by atoms with Gasteiger partial charge in [-0.2, -0.15) is 0 Å². The van der Waals surface area contributed by atoms with Crippen LogP contribution >= 0.6 is 0 Å². The average Bonchev–Trinajstić information content (AvgIpc) is 3.51. The highest BCUT2D eigenvalue weighted by atomic mass is 16.5. The number of ether oxygens (including phenoxy) is 4. The molecule has 1 saturated heterocycles. The lowest BCUT2D eigenvalue weighted by Crippen LogP contribution is -2.25. The lowest BCUT2D eigenvalue weighted by molar-refractivity contribution is -0.0388. The van der Waals surface area contributed by atoms with E-state index in [1.165, 1.54) is 0 Å². The van der Waals surface area contributed by atoms with E-state index >= 15 is 0 Å². The summed E-state index contributed by atoms with van der Waals surface area (Å²) in [6.45, 7) is 2.63. The van der Waals surface area contributed by atoms with Gasteiger partial charge in [0.15, 0.2) is 5.82 Å². The molecule has 0 aliphatic carbocycles. The number of nitrogens with zero attached hydrogens (tertiary/aromatic N) is 4. The summed E-state index contributed by atoms with van der Waals surface area (Å²) >= 11 is 0. The number of rotatable bonds is 8. The standard InChI is InChI=1S/C22H23N5O4/c1-3-20(4-2-18(1)29-9-10-30-19-5-7-28-8-6-19)31-21-12-16(22-24-14-25-26-22)11-17-13-23-15-27(17)21/h1-4,11-15,19H,5-10H2,(H,24,25,26). The first-order chi connectivity index (χ1) is 15.3. The Morgan fingerprint density at radius 2 is 1.90 bits per heavy atom. The zero-order chi connectivity index (χ0) is 20.9. The highest BCUT2D eigenvalue weighted by Crippen LogP contribution is 2.29. The lowest BCUT2D eigenvalue weighted by Gasteiger charge is -2.22. The van der Waals surface area contributed by atoms with Crippen LogP contribution in [0.4, 0.5) is 0 Å². The lowest BCUT2D eigenvalue weighted by atomic mass is 10.2. The minimum absolute atomic E-state index is 0.279. The molecule has 31 heavy (non-hydrogen) atoms. The fraction of sp³-hybridized carbons (Fsp3) is 0.318. The van der Waals surface area contributed by atoms with Gasteiger partial charge in [0.2, 0.25) is 5.88 Å². The second-order valence-corrected chi connectivity index (χ2v) is 7.21. The highest BCUT2D eigenvalue weighted by Gasteiger charge is 2.14. The van der Waals surface area contributed by atoms with Crippen LogP contribution in [0.25, 0.3) is 16.9 Å². The van der Waals surface area contributed by atoms with Crippen LogP contribution in [0.2, 0.25) is 0 Å². The molecule has 0 amide bonds. The van der Waals surface area contributed by atoms with Crippen LogP contribution in [0.1, 0.15) is 12.8 Å². The number of nitrogens with one attached hydrogen (secondary N) is 1. The fourth-order valence-electron chi connectivity index (χ4n) is 3.50. The Balaban J connectivity index is 1.21. The van der Waals surface area contributed by atoms with Crippen molar-refractivity contribution >= 4 is 5.52 Å². The molecule has 4 heterocycles. The number of H-pyrrole nitrogens is 1. The number of benzene rings is 1. The van der Waals surface area contributed by atoms with Crippen molar-refractivity contribution in [3.63, 3.8) is 0 Å². The fourth-order valence-corrected chi connectivity index (χ4v) is 3.50. The van der Waals surface area contributed by atoms with E-state index in [-0.39, 0.29) is 6.10 Å². The molecule has 5 rings (SSSR count). The maximum Gasteiger partial charge on any atom is 0.206 e. The van der Waals surface area contributed by atoms with Gasteiger partial charge in [-0.25, -0.2) is 4.98 Å². The third-order valence-corrected chi connectivity index (χ3v) is 5.10. The van der Waals surface area contributed by atoms with E-state index in [2.05, 4.69) is 20.2 Å². The first-order valence-electron chi connectivity index (χ1n) is 10.3. The molecular weight excluding hydrogens is 398 g/mol. The van der Waals surface area contributed by atoms with Gasteiger partial charge in [0, 0.05) is 24.8 Å². The van der Waals surface area contributed by atoms with E-state index in [1.54, 1.807) is 18.9 Å². The van der Waals surface area contributed by atoms with Crippen molar-refractivity contribution in [1.82, 2.24) is 24.6 Å². The maximum atomic E-state index is 6.12. The molecular formula is C22H23N5O4. The second-order valence-electron chi connectivity index (χ2n) is 7.21. The highest BCUT2D eigenvalue weighted by molar-refractivity contribution is 5.65. The minimum Gasteiger partial charge on any atom is -0.491 e. The molecule has 4 aromatic rings. The summed E-state index contributed by atoms with van der Waals surface area (Å²) in [4.78, 5) is 7.23. The largest absolute Gasteiger partial charge is 0.491 e. The first kappa shape index (κ1) is 19.5. The Labute approximate surface area is 179 Å². The molecule has 0 radical (unpaired) electrons. The first-order valence-corrected chi connectivity index (χ1v) is 10.3. The monoisotopic (exact) mass is 421 g/mol. The molecule has 0 bridgehead atoms. The summed E-state index contributed by atoms with van der Waals surface area (Å²) in [6, 6.07) is 11.4. The molecule has 1 N–H and O–H groups in total. The molecule has 3 aromatic heterocycles. The molecule has 0 spiro atoms. The molecule has 160 valence electrons. The quantitative estimate of drug-likeness (QED) is 0.435. The Hall–Kier alpha value is -3.43. The number of aromatic nitrogens is 5. The van der Waals surface area contributed by atoms with Gasteiger partial charge in [-0.3, -0.25) is 4.40 Å². The molecule has 9 heteroatoms. The Morgan fingerprint density at radius 3 is 2.71 bits per heavy atom. The van der Waals surface area contributed by atoms with Crippen molar-refractivity contribution in [1.29, 1.82) is 0 Å². The number of aromatic amines is 1. The number of pyridine rings is 1. The van der Waals surface area contributed by atoms with Gasteiger partial charge in [0.25, 0.3) is 0 Å². The van der Waals surface area contributed by atoms with Crippen molar-refractivity contribution in [2.75, 3.05) is 26.4 Å². The van der Waals surface area contributed by atoms with E-state index in [4.69, 9.17) is 18.9 Å². The van der Waals surface area contributed by atoms with Gasteiger partial charge in [-0.05, 0) is 43.2 Å². The zero-order valence-electron chi connectivity index (χ0n) is 16.9. The predicted molar refractivity (Wildman–Crippen MR) is 112 cm³/mol. The van der Waals surface area contributed by atoms with Crippen LogP contribution in [0, 0.1) is 0 Å². The number of imidazole rings is 1. The van der Waals surface area contributed by atoms with Gasteiger partial charge in [0.05, 0.1) is 24.4 Å². The summed E-state index contributed by atoms with van der Waals surface area (Å²) < 4.78 is 24.9. The van der Waals surface area contributed by atoms with Crippen molar-refractivity contribution in [2.24, 2.45) is 0 Å². The Morgan fingerprint density at radius 1 is 1.06 bits per heavy atom. The normalized spacial score (nSPS) is 14.7. The van der Waals surface area contributed by atoms with E-state index in [1.807, 2.05) is 40.8 Å². The molecule has 1 aromatic carbocycles. The summed E-state index contributed by atoms with van der Waals surface area (Å²) in [5.41, 5.74) is 1.76. The van der Waals surface area contributed by atoms with Gasteiger partial charge in [0.1, 0.15) is 30.8 Å². The molecule has 1 fully saturated rings. The molecule has 1 aliphatic heterocycles. The number of fused-ring (bicyclic) bond motifs is 1. The molecule has 1 aliphatic rings. The van der Waals surface area contributed by atoms with Crippen LogP contribution in [-0.4, -0.2) is 57.1 Å². The van der Waals surface area contributed by atoms with Crippen LogP contribution in [-0.2, 0) is 9.47 Å². The molecule has 0 saturated carbocycles. The van der Waals surface area contributed by atoms with Crippen molar-refractivity contribution in [3.05, 3.63) is 55.2 Å². The van der Waals surface area contributed by atoms with Gasteiger partial charge in [-0.15, -0.1) is 10.2 Å². The Bertz CT molecular complexity index is 1100. The molecule has 9 nitrogen and oxygen atoms in total. The number of hydrogen-bond donors (Lipinski definition) is 1. The number of hydrogen-bond acceptors (Lipinski definition) is 7. The minimum atomic E-state index is 0.279. The van der Waals surface area contributed by atoms with Crippen molar-refractivity contribution in [2.45, 2.75) is 18.9 Å². The predicted octanol–water partition coefficient (Wildman–Crippen LogP) is 3.49. The SMILES string of the molecule is c1nnc(-c2cc(Oc3ccc(OCCOC4CCOCC4)cc3)n3cncc3c2)[nH]1. The van der Waals surface area contributed by atoms with Crippen LogP contribution in [0.3, 0.4) is 0 Å². The summed E-state index contributed by atoms with van der Waals surface area (Å²) in [6.07, 6.45) is 7.21. The summed E-state index contributed by atoms with van der Waals surface area (Å²) in [7, 11) is 0. The zero-order valence-corrected chi connectivity index (χ0v) is 16.9. The second kappa shape index (κ2) is 9.15. The third-order valence-electron chi connectivity index (χ3n) is 5.10. The summed E-state index contributed by atoms with van der Waals surface area (Å²) in [5, 5.41) is 7.93. The van der Waals surface area contributed by atoms with Crippen LogP contribution in [0.5, 0.6) is 17.4 Å². The van der Waals surface area contributed by atoms with Crippen LogP contribution < -0.4 is 9.47 Å². The average molecular weight is 421 g/mol. The van der Waals surface area contributed by atoms with Crippen LogP contribution in [0.15, 0.2) is 55.2 Å². The summed E-state index contributed by atoms with van der Waals surface area (Å²) in [5.74, 6) is 2.75.